The van der Waals surface area contributed by atoms with Crippen molar-refractivity contribution in [1.82, 2.24) is 9.88 Å². The predicted molar refractivity (Wildman–Crippen MR) is 101 cm³/mol. The second-order valence-corrected chi connectivity index (χ2v) is 6.85. The molecule has 3 rings (SSSR count). The van der Waals surface area contributed by atoms with Gasteiger partial charge in [0.2, 0.25) is 0 Å². The Balaban J connectivity index is 1.97. The van der Waals surface area contributed by atoms with Crippen LogP contribution in [0.15, 0.2) is 54.9 Å². The lowest BCUT2D eigenvalue weighted by molar-refractivity contribution is 0.0724. The van der Waals surface area contributed by atoms with E-state index in [0.29, 0.717) is 33.3 Å². The van der Waals surface area contributed by atoms with Crippen molar-refractivity contribution in [2.24, 2.45) is 0 Å². The Hall–Kier alpha value is -2.57. The molecule has 28 heavy (non-hydrogen) atoms. The van der Waals surface area contributed by atoms with Crippen LogP contribution in [0.2, 0.25) is 10.0 Å². The average molecular weight is 425 g/mol. The molecule has 0 saturated carbocycles. The molecule has 2 aromatic carbocycles. The van der Waals surface area contributed by atoms with E-state index in [9.17, 15) is 18.0 Å². The molecule has 0 atom stereocenters. The van der Waals surface area contributed by atoms with Gasteiger partial charge < -0.3 is 4.90 Å². The summed E-state index contributed by atoms with van der Waals surface area (Å²) in [7, 11) is 0. The van der Waals surface area contributed by atoms with Crippen molar-refractivity contribution in [3.8, 4) is 0 Å². The van der Waals surface area contributed by atoms with Crippen LogP contribution in [0.4, 0.5) is 13.2 Å². The second kappa shape index (κ2) is 8.63. The molecule has 0 bridgehead atoms. The highest BCUT2D eigenvalue weighted by Crippen LogP contribution is 2.24. The number of carbonyl (C=O) groups is 1. The molecule has 8 heteroatoms. The monoisotopic (exact) mass is 424 g/mol. The van der Waals surface area contributed by atoms with Crippen LogP contribution < -0.4 is 0 Å². The van der Waals surface area contributed by atoms with Gasteiger partial charge >= 0.3 is 0 Å². The highest BCUT2D eigenvalue weighted by Gasteiger charge is 2.23. The summed E-state index contributed by atoms with van der Waals surface area (Å²) in [6.45, 7) is 0.0617. The minimum Gasteiger partial charge on any atom is -0.330 e. The third-order valence-corrected chi connectivity index (χ3v) is 4.59. The zero-order chi connectivity index (χ0) is 20.3. The fourth-order valence-electron chi connectivity index (χ4n) is 2.62. The Labute approximate surface area is 169 Å². The van der Waals surface area contributed by atoms with Crippen LogP contribution in [0.1, 0.15) is 21.5 Å². The van der Waals surface area contributed by atoms with Crippen molar-refractivity contribution in [3.05, 3.63) is 99.0 Å². The molecule has 0 aliphatic heterocycles. The summed E-state index contributed by atoms with van der Waals surface area (Å²) in [5, 5.41) is 0.743. The van der Waals surface area contributed by atoms with E-state index in [1.54, 1.807) is 36.7 Å². The number of rotatable bonds is 5. The molecule has 0 fully saturated rings. The fourth-order valence-corrected chi connectivity index (χ4v) is 3.09. The normalized spacial score (nSPS) is 10.8. The van der Waals surface area contributed by atoms with Crippen molar-refractivity contribution < 1.29 is 18.0 Å². The number of halogens is 5. The van der Waals surface area contributed by atoms with Crippen molar-refractivity contribution >= 4 is 29.1 Å². The van der Waals surface area contributed by atoms with Crippen LogP contribution in [-0.2, 0) is 13.1 Å². The Kier molecular flexibility index (Phi) is 6.21. The maximum absolute atomic E-state index is 14.1. The lowest BCUT2D eigenvalue weighted by Gasteiger charge is -2.24. The number of amides is 1. The van der Waals surface area contributed by atoms with Crippen LogP contribution in [0, 0.1) is 17.5 Å². The van der Waals surface area contributed by atoms with E-state index >= 15 is 0 Å². The molecule has 0 radical (unpaired) electrons. The summed E-state index contributed by atoms with van der Waals surface area (Å²) >= 11 is 12.1. The third-order valence-electron chi connectivity index (χ3n) is 4.00. The van der Waals surface area contributed by atoms with Crippen molar-refractivity contribution in [3.63, 3.8) is 0 Å². The summed E-state index contributed by atoms with van der Waals surface area (Å²) in [5.41, 5.74) is 0.656. The maximum Gasteiger partial charge on any atom is 0.257 e. The fraction of sp³-hybridized carbons (Fsp3) is 0.100. The predicted octanol–water partition coefficient (Wildman–Crippen LogP) is 5.65. The van der Waals surface area contributed by atoms with Gasteiger partial charge in [0, 0.05) is 41.6 Å². The SMILES string of the molecule is O=C(c1cc(F)c(F)cc1F)N(Cc1cccnc1)Cc1ccc(Cl)cc1Cl. The third kappa shape index (κ3) is 4.64. The number of hydrogen-bond acceptors (Lipinski definition) is 2. The van der Waals surface area contributed by atoms with Gasteiger partial charge in [0.05, 0.1) is 5.56 Å². The number of nitrogens with zero attached hydrogens (tertiary/aromatic N) is 2. The molecule has 0 unspecified atom stereocenters. The first kappa shape index (κ1) is 20.2. The second-order valence-electron chi connectivity index (χ2n) is 6.00. The van der Waals surface area contributed by atoms with Gasteiger partial charge in [0.15, 0.2) is 11.6 Å². The Morgan fingerprint density at radius 1 is 0.964 bits per heavy atom. The maximum atomic E-state index is 14.1. The average Bonchev–Trinajstić information content (AvgIpc) is 2.66. The van der Waals surface area contributed by atoms with E-state index < -0.39 is 28.9 Å². The van der Waals surface area contributed by atoms with Gasteiger partial charge in [0.1, 0.15) is 5.82 Å². The highest BCUT2D eigenvalue weighted by molar-refractivity contribution is 6.35. The summed E-state index contributed by atoms with van der Waals surface area (Å²) in [6.07, 6.45) is 3.12. The molecule has 0 N–H and O–H groups in total. The van der Waals surface area contributed by atoms with Crippen molar-refractivity contribution in [1.29, 1.82) is 0 Å². The highest BCUT2D eigenvalue weighted by atomic mass is 35.5. The molecule has 3 nitrogen and oxygen atoms in total. The molecule has 0 aliphatic rings. The molecule has 144 valence electrons. The van der Waals surface area contributed by atoms with Gasteiger partial charge in [-0.05, 0) is 35.4 Å². The largest absolute Gasteiger partial charge is 0.330 e. The molecule has 1 heterocycles. The van der Waals surface area contributed by atoms with Crippen LogP contribution >= 0.6 is 23.2 Å². The van der Waals surface area contributed by atoms with E-state index in [-0.39, 0.29) is 13.1 Å². The van der Waals surface area contributed by atoms with Gasteiger partial charge in [0.25, 0.3) is 5.91 Å². The van der Waals surface area contributed by atoms with Crippen LogP contribution in [0.25, 0.3) is 0 Å². The summed E-state index contributed by atoms with van der Waals surface area (Å²) < 4.78 is 41.0. The number of hydrogen-bond donors (Lipinski definition) is 0. The number of benzene rings is 2. The molecular weight excluding hydrogens is 412 g/mol. The van der Waals surface area contributed by atoms with Crippen LogP contribution in [-0.4, -0.2) is 15.8 Å². The molecule has 0 spiro atoms. The number of carbonyl (C=O) groups excluding carboxylic acids is 1. The van der Waals surface area contributed by atoms with Crippen molar-refractivity contribution in [2.45, 2.75) is 13.1 Å². The molecule has 3 aromatic rings. The minimum absolute atomic E-state index is 0.00215. The molecule has 1 amide bonds. The van der Waals surface area contributed by atoms with Crippen LogP contribution in [0.5, 0.6) is 0 Å². The van der Waals surface area contributed by atoms with E-state index in [4.69, 9.17) is 23.2 Å². The molecule has 0 aliphatic carbocycles. The van der Waals surface area contributed by atoms with Crippen LogP contribution in [0.3, 0.4) is 0 Å². The van der Waals surface area contributed by atoms with Gasteiger partial charge in [-0.15, -0.1) is 0 Å². The Bertz CT molecular complexity index is 1020. The Morgan fingerprint density at radius 2 is 1.71 bits per heavy atom. The van der Waals surface area contributed by atoms with Crippen molar-refractivity contribution in [2.75, 3.05) is 0 Å². The zero-order valence-electron chi connectivity index (χ0n) is 14.3. The molecule has 0 saturated heterocycles. The minimum atomic E-state index is -1.37. The Morgan fingerprint density at radius 3 is 2.39 bits per heavy atom. The first-order valence-electron chi connectivity index (χ1n) is 8.12. The van der Waals surface area contributed by atoms with E-state index in [1.807, 2.05) is 0 Å². The topological polar surface area (TPSA) is 33.2 Å². The lowest BCUT2D eigenvalue weighted by atomic mass is 10.1. The summed E-state index contributed by atoms with van der Waals surface area (Å²) in [6, 6.07) is 9.07. The number of pyridine rings is 1. The summed E-state index contributed by atoms with van der Waals surface area (Å²) in [4.78, 5) is 18.2. The first-order chi connectivity index (χ1) is 13.3. The first-order valence-corrected chi connectivity index (χ1v) is 8.87. The molecular formula is C20H13Cl2F3N2O. The van der Waals surface area contributed by atoms with Gasteiger partial charge in [-0.1, -0.05) is 35.3 Å². The smallest absolute Gasteiger partial charge is 0.257 e. The van der Waals surface area contributed by atoms with Gasteiger partial charge in [-0.25, -0.2) is 13.2 Å². The standard InChI is InChI=1S/C20H13Cl2F3N2O/c21-14-4-3-13(16(22)6-14)11-27(10-12-2-1-5-26-9-12)20(28)15-7-18(24)19(25)8-17(15)23/h1-9H,10-11H2. The quantitative estimate of drug-likeness (QED) is 0.495. The zero-order valence-corrected chi connectivity index (χ0v) is 15.8. The lowest BCUT2D eigenvalue weighted by Crippen LogP contribution is -2.31. The number of aromatic nitrogens is 1. The van der Waals surface area contributed by atoms with E-state index in [1.165, 1.54) is 11.0 Å². The molecule has 1 aromatic heterocycles. The van der Waals surface area contributed by atoms with E-state index in [0.717, 1.165) is 0 Å². The van der Waals surface area contributed by atoms with E-state index in [2.05, 4.69) is 4.98 Å². The van der Waals surface area contributed by atoms with Gasteiger partial charge in [-0.2, -0.15) is 0 Å². The van der Waals surface area contributed by atoms with Gasteiger partial charge in [-0.3, -0.25) is 9.78 Å². The summed E-state index contributed by atoms with van der Waals surface area (Å²) in [5.74, 6) is -4.64.